The molecule has 0 aliphatic carbocycles. The molecule has 0 saturated heterocycles. The van der Waals surface area contributed by atoms with Gasteiger partial charge in [0.1, 0.15) is 11.5 Å². The number of ether oxygens (including phenoxy) is 3. The summed E-state index contributed by atoms with van der Waals surface area (Å²) in [5, 5.41) is 0. The van der Waals surface area contributed by atoms with Crippen LogP contribution in [0.3, 0.4) is 0 Å². The molecule has 2 heterocycles. The maximum atomic E-state index is 13.3. The minimum Gasteiger partial charge on any atom is -0.497 e. The average molecular weight is 404 g/mol. The molecule has 2 aromatic carbocycles. The predicted molar refractivity (Wildman–Crippen MR) is 112 cm³/mol. The van der Waals surface area contributed by atoms with Crippen molar-refractivity contribution < 1.29 is 23.8 Å². The number of hydrogen-bond acceptors (Lipinski definition) is 6. The summed E-state index contributed by atoms with van der Waals surface area (Å²) in [6, 6.07) is 15.5. The molecule has 0 spiro atoms. The van der Waals surface area contributed by atoms with Crippen molar-refractivity contribution in [1.82, 2.24) is 4.98 Å². The molecular formula is C23H20N2O5. The number of aromatic nitrogens is 1. The van der Waals surface area contributed by atoms with Gasteiger partial charge in [0.2, 0.25) is 5.88 Å². The van der Waals surface area contributed by atoms with Gasteiger partial charge in [0.25, 0.3) is 11.8 Å². The van der Waals surface area contributed by atoms with Crippen molar-refractivity contribution in [3.63, 3.8) is 0 Å². The van der Waals surface area contributed by atoms with E-state index >= 15 is 0 Å². The van der Waals surface area contributed by atoms with E-state index in [4.69, 9.17) is 14.2 Å². The molecule has 0 fully saturated rings. The monoisotopic (exact) mass is 404 g/mol. The number of hydrogen-bond donors (Lipinski definition) is 0. The third kappa shape index (κ3) is 3.24. The third-order valence-electron chi connectivity index (χ3n) is 4.80. The van der Waals surface area contributed by atoms with E-state index < -0.39 is 11.8 Å². The minimum atomic E-state index is -0.438. The summed E-state index contributed by atoms with van der Waals surface area (Å²) in [5.41, 5.74) is 1.97. The quantitative estimate of drug-likeness (QED) is 0.579. The van der Waals surface area contributed by atoms with Crippen LogP contribution in [0.1, 0.15) is 27.6 Å². The van der Waals surface area contributed by atoms with Gasteiger partial charge >= 0.3 is 0 Å². The number of rotatable bonds is 6. The standard InChI is InChI=1S/C23H20N2O5/c1-4-30-16-10-8-15(9-11-16)25-22(26)18-13-19(29-3)24-21(20(18)23(25)27)14-6-5-7-17(12-14)28-2/h5-13H,4H2,1-3H3. The SMILES string of the molecule is CCOc1ccc(N2C(=O)c3cc(OC)nc(-c4cccc(OC)c4)c3C2=O)cc1. The van der Waals surface area contributed by atoms with Gasteiger partial charge in [-0.2, -0.15) is 0 Å². The second-order valence-electron chi connectivity index (χ2n) is 6.54. The molecule has 1 aromatic heterocycles. The van der Waals surface area contributed by atoms with Gasteiger partial charge in [-0.05, 0) is 43.3 Å². The van der Waals surface area contributed by atoms with Gasteiger partial charge in [-0.1, -0.05) is 12.1 Å². The first kappa shape index (κ1) is 19.4. The molecule has 0 N–H and O–H groups in total. The number of fused-ring (bicyclic) bond motifs is 1. The smallest absolute Gasteiger partial charge is 0.268 e. The maximum absolute atomic E-state index is 13.3. The van der Waals surface area contributed by atoms with E-state index in [1.54, 1.807) is 49.6 Å². The molecule has 1 aliphatic rings. The van der Waals surface area contributed by atoms with Crippen LogP contribution >= 0.6 is 0 Å². The number of carbonyl (C=O) groups is 2. The lowest BCUT2D eigenvalue weighted by Gasteiger charge is -2.14. The fraction of sp³-hybridized carbons (Fsp3) is 0.174. The van der Waals surface area contributed by atoms with Gasteiger partial charge in [-0.3, -0.25) is 9.59 Å². The Hall–Kier alpha value is -3.87. The number of pyridine rings is 1. The van der Waals surface area contributed by atoms with Gasteiger partial charge in [0.05, 0.1) is 43.3 Å². The van der Waals surface area contributed by atoms with Crippen LogP contribution in [0.25, 0.3) is 11.3 Å². The van der Waals surface area contributed by atoms with E-state index in [1.165, 1.54) is 13.2 Å². The molecule has 152 valence electrons. The Morgan fingerprint density at radius 1 is 0.900 bits per heavy atom. The summed E-state index contributed by atoms with van der Waals surface area (Å²) in [6.07, 6.45) is 0. The average Bonchev–Trinajstić information content (AvgIpc) is 3.04. The molecule has 4 rings (SSSR count). The Morgan fingerprint density at radius 2 is 1.67 bits per heavy atom. The van der Waals surface area contributed by atoms with Crippen LogP contribution in [0.2, 0.25) is 0 Å². The van der Waals surface area contributed by atoms with E-state index in [1.807, 2.05) is 13.0 Å². The number of benzene rings is 2. The number of nitrogens with zero attached hydrogens (tertiary/aromatic N) is 2. The van der Waals surface area contributed by atoms with E-state index in [0.29, 0.717) is 35.1 Å². The molecule has 30 heavy (non-hydrogen) atoms. The van der Waals surface area contributed by atoms with Crippen molar-refractivity contribution in [3.05, 3.63) is 65.7 Å². The van der Waals surface area contributed by atoms with Crippen LogP contribution in [-0.4, -0.2) is 37.6 Å². The zero-order valence-electron chi connectivity index (χ0n) is 16.8. The van der Waals surface area contributed by atoms with Crippen molar-refractivity contribution >= 4 is 17.5 Å². The Kier molecular flexibility index (Phi) is 5.10. The molecule has 0 atom stereocenters. The highest BCUT2D eigenvalue weighted by Gasteiger charge is 2.40. The second-order valence-corrected chi connectivity index (χ2v) is 6.54. The van der Waals surface area contributed by atoms with E-state index in [9.17, 15) is 9.59 Å². The minimum absolute atomic E-state index is 0.239. The lowest BCUT2D eigenvalue weighted by Crippen LogP contribution is -2.29. The Balaban J connectivity index is 1.83. The predicted octanol–water partition coefficient (Wildman–Crippen LogP) is 3.97. The Bertz CT molecular complexity index is 1120. The van der Waals surface area contributed by atoms with Crippen LogP contribution in [-0.2, 0) is 0 Å². The van der Waals surface area contributed by atoms with Crippen LogP contribution in [0.15, 0.2) is 54.6 Å². The van der Waals surface area contributed by atoms with Crippen molar-refractivity contribution in [2.45, 2.75) is 6.92 Å². The summed E-state index contributed by atoms with van der Waals surface area (Å²) in [7, 11) is 3.03. The van der Waals surface area contributed by atoms with Crippen molar-refractivity contribution in [3.8, 4) is 28.6 Å². The van der Waals surface area contributed by atoms with Crippen molar-refractivity contribution in [2.75, 3.05) is 25.7 Å². The summed E-state index contributed by atoms with van der Waals surface area (Å²) >= 11 is 0. The number of carbonyl (C=O) groups excluding carboxylic acids is 2. The lowest BCUT2D eigenvalue weighted by molar-refractivity contribution is 0.0926. The fourth-order valence-corrected chi connectivity index (χ4v) is 3.41. The first-order valence-electron chi connectivity index (χ1n) is 9.42. The molecular weight excluding hydrogens is 384 g/mol. The zero-order valence-corrected chi connectivity index (χ0v) is 16.8. The van der Waals surface area contributed by atoms with E-state index in [0.717, 1.165) is 4.90 Å². The highest BCUT2D eigenvalue weighted by Crippen LogP contribution is 2.37. The van der Waals surface area contributed by atoms with E-state index in [-0.39, 0.29) is 17.0 Å². The normalized spacial score (nSPS) is 12.7. The first-order chi connectivity index (χ1) is 14.6. The summed E-state index contributed by atoms with van der Waals surface area (Å²) < 4.78 is 16.0. The molecule has 2 amide bonds. The Labute approximate surface area is 173 Å². The van der Waals surface area contributed by atoms with E-state index in [2.05, 4.69) is 4.98 Å². The highest BCUT2D eigenvalue weighted by molar-refractivity contribution is 6.36. The molecule has 0 bridgehead atoms. The van der Waals surface area contributed by atoms with Crippen LogP contribution in [0.5, 0.6) is 17.4 Å². The second kappa shape index (κ2) is 7.87. The van der Waals surface area contributed by atoms with Gasteiger partial charge in [-0.25, -0.2) is 9.88 Å². The van der Waals surface area contributed by atoms with Gasteiger partial charge in [0.15, 0.2) is 0 Å². The molecule has 0 radical (unpaired) electrons. The molecule has 3 aromatic rings. The summed E-state index contributed by atoms with van der Waals surface area (Å²) in [5.74, 6) is 0.668. The maximum Gasteiger partial charge on any atom is 0.268 e. The van der Waals surface area contributed by atoms with Crippen LogP contribution < -0.4 is 19.1 Å². The summed E-state index contributed by atoms with van der Waals surface area (Å²) in [4.78, 5) is 32.1. The van der Waals surface area contributed by atoms with Crippen molar-refractivity contribution in [1.29, 1.82) is 0 Å². The largest absolute Gasteiger partial charge is 0.497 e. The van der Waals surface area contributed by atoms with Crippen molar-refractivity contribution in [2.24, 2.45) is 0 Å². The zero-order chi connectivity index (χ0) is 21.3. The van der Waals surface area contributed by atoms with Gasteiger partial charge in [-0.15, -0.1) is 0 Å². The van der Waals surface area contributed by atoms with Gasteiger partial charge in [0, 0.05) is 11.6 Å². The third-order valence-corrected chi connectivity index (χ3v) is 4.80. The topological polar surface area (TPSA) is 78.0 Å². The first-order valence-corrected chi connectivity index (χ1v) is 9.42. The number of imide groups is 1. The lowest BCUT2D eigenvalue weighted by atomic mass is 10.0. The molecule has 0 saturated carbocycles. The number of amides is 2. The Morgan fingerprint density at radius 3 is 2.33 bits per heavy atom. The molecule has 0 unspecified atom stereocenters. The van der Waals surface area contributed by atoms with Crippen LogP contribution in [0, 0.1) is 0 Å². The fourth-order valence-electron chi connectivity index (χ4n) is 3.41. The number of anilines is 1. The number of methoxy groups -OCH3 is 2. The summed E-state index contributed by atoms with van der Waals surface area (Å²) in [6.45, 7) is 2.42. The van der Waals surface area contributed by atoms with Gasteiger partial charge < -0.3 is 14.2 Å². The molecule has 7 nitrogen and oxygen atoms in total. The molecule has 1 aliphatic heterocycles. The van der Waals surface area contributed by atoms with Crippen LogP contribution in [0.4, 0.5) is 5.69 Å². The molecule has 7 heteroatoms. The highest BCUT2D eigenvalue weighted by atomic mass is 16.5.